The van der Waals surface area contributed by atoms with E-state index < -0.39 is 0 Å². The van der Waals surface area contributed by atoms with Gasteiger partial charge >= 0.3 is 0 Å². The minimum Gasteiger partial charge on any atom is -0.293 e. The fraction of sp³-hybridized carbons (Fsp3) is 0.240. The number of hydrogen-bond acceptors (Lipinski definition) is 4. The van der Waals surface area contributed by atoms with Gasteiger partial charge in [-0.3, -0.25) is 9.69 Å². The van der Waals surface area contributed by atoms with Gasteiger partial charge in [-0.05, 0) is 49.6 Å². The van der Waals surface area contributed by atoms with Gasteiger partial charge in [0.1, 0.15) is 10.0 Å². The predicted molar refractivity (Wildman–Crippen MR) is 133 cm³/mol. The Balaban J connectivity index is 1.82. The molecule has 0 saturated carbocycles. The van der Waals surface area contributed by atoms with Crippen molar-refractivity contribution in [3.63, 3.8) is 0 Å². The van der Waals surface area contributed by atoms with Crippen molar-refractivity contribution in [1.82, 2.24) is 14.7 Å². The Labute approximate surface area is 193 Å². The van der Waals surface area contributed by atoms with Gasteiger partial charge in [-0.2, -0.15) is 5.10 Å². The molecule has 0 radical (unpaired) electrons. The first-order valence-corrected chi connectivity index (χ1v) is 11.5. The number of aryl methyl sites for hydroxylation is 2. The van der Waals surface area contributed by atoms with E-state index in [0.717, 1.165) is 28.1 Å². The predicted octanol–water partition coefficient (Wildman–Crippen LogP) is 6.01. The van der Waals surface area contributed by atoms with E-state index >= 15 is 0 Å². The standard InChI is InChI=1S/C25H25N3OS2/c1-16(2)14-27-24(29)22(31-25(27)30)13-19-15-28(20-8-6-5-7-9-20)26-23(19)21-12-17(3)10-11-18(21)4/h5-13,15-16H,14H2,1-4H3. The zero-order valence-corrected chi connectivity index (χ0v) is 19.8. The van der Waals surface area contributed by atoms with Gasteiger partial charge in [0.15, 0.2) is 0 Å². The largest absolute Gasteiger partial charge is 0.293 e. The average Bonchev–Trinajstić information content (AvgIpc) is 3.27. The van der Waals surface area contributed by atoms with Gasteiger partial charge in [0.25, 0.3) is 5.91 Å². The maximum atomic E-state index is 13.0. The Hall–Kier alpha value is -2.70. The number of nitrogens with zero attached hydrogens (tertiary/aromatic N) is 3. The van der Waals surface area contributed by atoms with Crippen molar-refractivity contribution < 1.29 is 4.79 Å². The molecule has 4 nitrogen and oxygen atoms in total. The van der Waals surface area contributed by atoms with E-state index in [1.54, 1.807) is 4.90 Å². The van der Waals surface area contributed by atoms with Crippen molar-refractivity contribution in [2.45, 2.75) is 27.7 Å². The summed E-state index contributed by atoms with van der Waals surface area (Å²) in [6.07, 6.45) is 3.92. The van der Waals surface area contributed by atoms with Crippen molar-refractivity contribution >= 4 is 40.3 Å². The van der Waals surface area contributed by atoms with Crippen LogP contribution in [-0.4, -0.2) is 31.5 Å². The molecule has 0 aliphatic carbocycles. The summed E-state index contributed by atoms with van der Waals surface area (Å²) in [6, 6.07) is 16.4. The van der Waals surface area contributed by atoms with E-state index in [-0.39, 0.29) is 5.91 Å². The summed E-state index contributed by atoms with van der Waals surface area (Å²) >= 11 is 6.85. The van der Waals surface area contributed by atoms with Crippen LogP contribution in [-0.2, 0) is 4.79 Å². The van der Waals surface area contributed by atoms with Crippen molar-refractivity contribution in [3.05, 3.63) is 76.3 Å². The van der Waals surface area contributed by atoms with Gasteiger partial charge in [-0.25, -0.2) is 4.68 Å². The SMILES string of the molecule is Cc1ccc(C)c(-c2nn(-c3ccccc3)cc2C=C2SC(=S)N(CC(C)C)C2=O)c1. The van der Waals surface area contributed by atoms with Gasteiger partial charge in [-0.15, -0.1) is 0 Å². The third-order valence-electron chi connectivity index (χ3n) is 5.12. The minimum atomic E-state index is -0.0249. The Morgan fingerprint density at radius 3 is 2.58 bits per heavy atom. The molecule has 2 aromatic carbocycles. The number of rotatable bonds is 5. The van der Waals surface area contributed by atoms with Crippen LogP contribution < -0.4 is 0 Å². The summed E-state index contributed by atoms with van der Waals surface area (Å²) in [7, 11) is 0. The van der Waals surface area contributed by atoms with Gasteiger partial charge < -0.3 is 0 Å². The first kappa shape index (κ1) is 21.5. The van der Waals surface area contributed by atoms with E-state index in [9.17, 15) is 4.79 Å². The van der Waals surface area contributed by atoms with Crippen molar-refractivity contribution in [2.24, 2.45) is 5.92 Å². The van der Waals surface area contributed by atoms with E-state index in [2.05, 4.69) is 45.9 Å². The smallest absolute Gasteiger partial charge is 0.266 e. The van der Waals surface area contributed by atoms with Crippen LogP contribution in [0.4, 0.5) is 0 Å². The normalized spacial score (nSPS) is 15.5. The number of para-hydroxylation sites is 1. The second-order valence-electron chi connectivity index (χ2n) is 8.22. The number of carbonyl (C=O) groups excluding carboxylic acids is 1. The molecule has 0 unspecified atom stereocenters. The first-order chi connectivity index (χ1) is 14.8. The number of aromatic nitrogens is 2. The van der Waals surface area contributed by atoms with E-state index in [1.165, 1.54) is 17.3 Å². The number of amides is 1. The lowest BCUT2D eigenvalue weighted by molar-refractivity contribution is -0.122. The summed E-state index contributed by atoms with van der Waals surface area (Å²) in [6.45, 7) is 8.97. The van der Waals surface area contributed by atoms with E-state index in [4.69, 9.17) is 17.3 Å². The fourth-order valence-corrected chi connectivity index (χ4v) is 4.84. The number of benzene rings is 2. The Bertz CT molecular complexity index is 1180. The molecule has 0 atom stereocenters. The Kier molecular flexibility index (Phi) is 6.12. The molecule has 0 bridgehead atoms. The highest BCUT2D eigenvalue weighted by Crippen LogP contribution is 2.36. The van der Waals surface area contributed by atoms with Crippen molar-refractivity contribution in [1.29, 1.82) is 0 Å². The summed E-state index contributed by atoms with van der Waals surface area (Å²) in [5.74, 6) is 0.330. The maximum Gasteiger partial charge on any atom is 0.266 e. The molecular formula is C25H25N3OS2. The second kappa shape index (κ2) is 8.81. The highest BCUT2D eigenvalue weighted by molar-refractivity contribution is 8.26. The highest BCUT2D eigenvalue weighted by Gasteiger charge is 2.32. The van der Waals surface area contributed by atoms with Gasteiger partial charge in [0.2, 0.25) is 0 Å². The lowest BCUT2D eigenvalue weighted by Crippen LogP contribution is -2.31. The summed E-state index contributed by atoms with van der Waals surface area (Å²) < 4.78 is 2.49. The van der Waals surface area contributed by atoms with E-state index in [0.29, 0.717) is 21.7 Å². The van der Waals surface area contributed by atoms with Crippen LogP contribution in [0.15, 0.2) is 59.6 Å². The third-order valence-corrected chi connectivity index (χ3v) is 6.50. The molecule has 1 amide bonds. The maximum absolute atomic E-state index is 13.0. The topological polar surface area (TPSA) is 38.1 Å². The number of thiocarbonyl (C=S) groups is 1. The monoisotopic (exact) mass is 447 g/mol. The Morgan fingerprint density at radius 2 is 1.87 bits per heavy atom. The molecule has 6 heteroatoms. The average molecular weight is 448 g/mol. The van der Waals surface area contributed by atoms with Crippen LogP contribution >= 0.6 is 24.0 Å². The molecule has 31 heavy (non-hydrogen) atoms. The molecule has 1 aliphatic heterocycles. The molecule has 1 aromatic heterocycles. The summed E-state index contributed by atoms with van der Waals surface area (Å²) in [4.78, 5) is 15.4. The van der Waals surface area contributed by atoms with Crippen molar-refractivity contribution in [3.8, 4) is 16.9 Å². The molecule has 1 fully saturated rings. The van der Waals surface area contributed by atoms with Crippen LogP contribution in [0.2, 0.25) is 0 Å². The highest BCUT2D eigenvalue weighted by atomic mass is 32.2. The molecule has 0 N–H and O–H groups in total. The van der Waals surface area contributed by atoms with Gasteiger partial charge in [0, 0.05) is 23.9 Å². The third kappa shape index (κ3) is 4.50. The quantitative estimate of drug-likeness (QED) is 0.354. The number of carbonyl (C=O) groups is 1. The van der Waals surface area contributed by atoms with Gasteiger partial charge in [0.05, 0.1) is 10.6 Å². The number of thioether (sulfide) groups is 1. The van der Waals surface area contributed by atoms with Crippen LogP contribution in [0.25, 0.3) is 23.0 Å². The van der Waals surface area contributed by atoms with Crippen molar-refractivity contribution in [2.75, 3.05) is 6.54 Å². The first-order valence-electron chi connectivity index (χ1n) is 10.3. The molecule has 158 valence electrons. The lowest BCUT2D eigenvalue weighted by atomic mass is 10.0. The lowest BCUT2D eigenvalue weighted by Gasteiger charge is -2.16. The van der Waals surface area contributed by atoms with Gasteiger partial charge in [-0.1, -0.05) is 73.7 Å². The zero-order valence-electron chi connectivity index (χ0n) is 18.1. The summed E-state index contributed by atoms with van der Waals surface area (Å²) in [5, 5.41) is 4.91. The van der Waals surface area contributed by atoms with Crippen LogP contribution in [0, 0.1) is 19.8 Å². The Morgan fingerprint density at radius 1 is 1.13 bits per heavy atom. The molecular weight excluding hydrogens is 422 g/mol. The molecule has 1 saturated heterocycles. The van der Waals surface area contributed by atoms with Crippen LogP contribution in [0.5, 0.6) is 0 Å². The van der Waals surface area contributed by atoms with Crippen LogP contribution in [0.3, 0.4) is 0 Å². The number of hydrogen-bond donors (Lipinski definition) is 0. The second-order valence-corrected chi connectivity index (χ2v) is 9.89. The summed E-state index contributed by atoms with van der Waals surface area (Å²) in [5.41, 5.74) is 6.12. The molecule has 4 rings (SSSR count). The molecule has 3 aromatic rings. The molecule has 1 aliphatic rings. The zero-order chi connectivity index (χ0) is 22.1. The fourth-order valence-electron chi connectivity index (χ4n) is 3.57. The van der Waals surface area contributed by atoms with E-state index in [1.807, 2.05) is 47.3 Å². The molecule has 2 heterocycles. The van der Waals surface area contributed by atoms with Crippen LogP contribution in [0.1, 0.15) is 30.5 Å². The minimum absolute atomic E-state index is 0.0249. The molecule has 0 spiro atoms.